The van der Waals surface area contributed by atoms with E-state index >= 15 is 0 Å². The second kappa shape index (κ2) is 10.2. The number of fused-ring (bicyclic) bond motifs is 1. The molecular formula is C26H23N7O3. The van der Waals surface area contributed by atoms with Crippen LogP contribution in [0.3, 0.4) is 0 Å². The largest absolute Gasteiger partial charge is 0.486 e. The molecule has 0 spiro atoms. The van der Waals surface area contributed by atoms with Crippen molar-refractivity contribution in [3.05, 3.63) is 78.0 Å². The predicted molar refractivity (Wildman–Crippen MR) is 133 cm³/mol. The van der Waals surface area contributed by atoms with E-state index in [9.17, 15) is 4.79 Å². The highest BCUT2D eigenvalue weighted by Gasteiger charge is 2.14. The van der Waals surface area contributed by atoms with Gasteiger partial charge in [0.05, 0.1) is 5.52 Å². The Hall–Kier alpha value is -4.86. The van der Waals surface area contributed by atoms with Crippen LogP contribution in [0.25, 0.3) is 33.5 Å². The number of amides is 1. The molecule has 5 rings (SSSR count). The first kappa shape index (κ1) is 22.9. The van der Waals surface area contributed by atoms with Crippen LogP contribution in [0, 0.1) is 0 Å². The molecule has 0 saturated heterocycles. The number of H-pyrrole nitrogens is 1. The zero-order chi connectivity index (χ0) is 24.9. The lowest BCUT2D eigenvalue weighted by Crippen LogP contribution is -2.20. The normalized spacial score (nSPS) is 10.9. The summed E-state index contributed by atoms with van der Waals surface area (Å²) in [6.45, 7) is 2.03. The number of ether oxygens (including phenoxy) is 2. The molecule has 0 unspecified atom stereocenters. The van der Waals surface area contributed by atoms with Gasteiger partial charge < -0.3 is 15.2 Å². The van der Waals surface area contributed by atoms with Gasteiger partial charge in [-0.2, -0.15) is 5.21 Å². The average molecular weight is 482 g/mol. The summed E-state index contributed by atoms with van der Waals surface area (Å²) in [5.74, 6) is 0.749. The minimum atomic E-state index is -0.579. The van der Waals surface area contributed by atoms with Gasteiger partial charge in [-0.1, -0.05) is 49.4 Å². The van der Waals surface area contributed by atoms with Gasteiger partial charge in [0.15, 0.2) is 6.61 Å². The molecule has 36 heavy (non-hydrogen) atoms. The van der Waals surface area contributed by atoms with Crippen LogP contribution in [0.5, 0.6) is 11.6 Å². The van der Waals surface area contributed by atoms with Crippen molar-refractivity contribution < 1.29 is 14.3 Å². The van der Waals surface area contributed by atoms with Crippen molar-refractivity contribution in [1.29, 1.82) is 0 Å². The Morgan fingerprint density at radius 1 is 0.972 bits per heavy atom. The highest BCUT2D eigenvalue weighted by molar-refractivity contribution is 5.82. The minimum absolute atomic E-state index is 0.262. The van der Waals surface area contributed by atoms with Crippen molar-refractivity contribution in [3.63, 3.8) is 0 Å². The molecule has 5 aromatic rings. The van der Waals surface area contributed by atoms with Gasteiger partial charge in [-0.05, 0) is 40.5 Å². The Bertz CT molecular complexity index is 1510. The lowest BCUT2D eigenvalue weighted by Gasteiger charge is -2.13. The van der Waals surface area contributed by atoms with E-state index in [1.165, 1.54) is 0 Å². The number of benzene rings is 2. The number of hydrogen-bond donors (Lipinski definition) is 2. The summed E-state index contributed by atoms with van der Waals surface area (Å²) in [5, 5.41) is 14.6. The fraction of sp³-hybridized carbons (Fsp3) is 0.154. The monoisotopic (exact) mass is 481 g/mol. The molecular weight excluding hydrogens is 458 g/mol. The molecule has 0 aliphatic heterocycles. The first-order valence-electron chi connectivity index (χ1n) is 11.4. The van der Waals surface area contributed by atoms with Crippen molar-refractivity contribution in [2.24, 2.45) is 5.73 Å². The summed E-state index contributed by atoms with van der Waals surface area (Å²) < 4.78 is 11.6. The summed E-state index contributed by atoms with van der Waals surface area (Å²) >= 11 is 0. The molecule has 3 aromatic heterocycles. The molecule has 2 aromatic carbocycles. The van der Waals surface area contributed by atoms with E-state index in [2.05, 4.69) is 30.6 Å². The summed E-state index contributed by atoms with van der Waals surface area (Å²) in [4.78, 5) is 20.2. The SMILES string of the molecule is CCc1cc(OCc2ccc(-c3ccccc3)c(-c3nn[nH]n3)c2)c2nc(OCC(N)=O)ccc2n1. The van der Waals surface area contributed by atoms with Crippen LogP contribution in [-0.4, -0.2) is 43.1 Å². The molecule has 10 nitrogen and oxygen atoms in total. The van der Waals surface area contributed by atoms with Crippen LogP contribution in [0.15, 0.2) is 66.7 Å². The number of aromatic nitrogens is 6. The highest BCUT2D eigenvalue weighted by atomic mass is 16.5. The lowest BCUT2D eigenvalue weighted by molar-refractivity contribution is -0.120. The molecule has 0 aliphatic carbocycles. The number of nitrogens with zero attached hydrogens (tertiary/aromatic N) is 5. The van der Waals surface area contributed by atoms with Crippen LogP contribution in [0.4, 0.5) is 0 Å². The number of carbonyl (C=O) groups excluding carboxylic acids is 1. The summed E-state index contributed by atoms with van der Waals surface area (Å²) in [5.41, 5.74) is 11.0. The summed E-state index contributed by atoms with van der Waals surface area (Å²) in [7, 11) is 0. The number of aromatic amines is 1. The molecule has 1 amide bonds. The number of primary amides is 1. The number of tetrazole rings is 1. The standard InChI is InChI=1S/C26H23N7O3/c1-2-18-13-22(25-21(28-18)10-11-24(29-25)36-15-23(27)34)35-14-16-8-9-19(17-6-4-3-5-7-17)20(12-16)26-30-32-33-31-26/h3-13H,2,14-15H2,1H3,(H2,27,34)(H,30,31,32,33). The fourth-order valence-electron chi connectivity index (χ4n) is 3.80. The Labute approximate surface area is 206 Å². The van der Waals surface area contributed by atoms with Crippen LogP contribution in [0.2, 0.25) is 0 Å². The number of nitrogens with one attached hydrogen (secondary N) is 1. The van der Waals surface area contributed by atoms with Gasteiger partial charge in [0.25, 0.3) is 5.91 Å². The smallest absolute Gasteiger partial charge is 0.255 e. The first-order chi connectivity index (χ1) is 17.6. The van der Waals surface area contributed by atoms with Gasteiger partial charge >= 0.3 is 0 Å². The topological polar surface area (TPSA) is 142 Å². The number of pyridine rings is 2. The first-order valence-corrected chi connectivity index (χ1v) is 11.4. The van der Waals surface area contributed by atoms with E-state index in [1.54, 1.807) is 12.1 Å². The van der Waals surface area contributed by atoms with E-state index in [0.29, 0.717) is 22.6 Å². The van der Waals surface area contributed by atoms with Crippen molar-refractivity contribution in [1.82, 2.24) is 30.6 Å². The van der Waals surface area contributed by atoms with Crippen LogP contribution >= 0.6 is 0 Å². The van der Waals surface area contributed by atoms with Gasteiger partial charge in [-0.15, -0.1) is 10.2 Å². The van der Waals surface area contributed by atoms with Crippen molar-refractivity contribution in [2.45, 2.75) is 20.0 Å². The maximum Gasteiger partial charge on any atom is 0.255 e. The van der Waals surface area contributed by atoms with Crippen molar-refractivity contribution >= 4 is 16.9 Å². The number of carbonyl (C=O) groups is 1. The Morgan fingerprint density at radius 3 is 2.58 bits per heavy atom. The second-order valence-corrected chi connectivity index (χ2v) is 8.01. The molecule has 3 N–H and O–H groups in total. The van der Waals surface area contributed by atoms with Crippen molar-refractivity contribution in [2.75, 3.05) is 6.61 Å². The van der Waals surface area contributed by atoms with E-state index in [1.807, 2.05) is 61.5 Å². The van der Waals surface area contributed by atoms with Crippen LogP contribution in [-0.2, 0) is 17.8 Å². The van der Waals surface area contributed by atoms with E-state index < -0.39 is 5.91 Å². The van der Waals surface area contributed by atoms with Crippen LogP contribution in [0.1, 0.15) is 18.2 Å². The number of rotatable bonds is 9. The molecule has 180 valence electrons. The third kappa shape index (κ3) is 4.97. The molecule has 0 atom stereocenters. The number of aryl methyl sites for hydroxylation is 1. The summed E-state index contributed by atoms with van der Waals surface area (Å²) in [6.07, 6.45) is 0.736. The highest BCUT2D eigenvalue weighted by Crippen LogP contribution is 2.32. The Kier molecular flexibility index (Phi) is 6.48. The summed E-state index contributed by atoms with van der Waals surface area (Å²) in [6, 6.07) is 21.3. The Morgan fingerprint density at radius 2 is 1.83 bits per heavy atom. The maximum atomic E-state index is 11.1. The molecule has 0 bridgehead atoms. The molecule has 0 radical (unpaired) electrons. The molecule has 10 heteroatoms. The molecule has 3 heterocycles. The number of hydrogen-bond acceptors (Lipinski definition) is 8. The third-order valence-corrected chi connectivity index (χ3v) is 5.52. The third-order valence-electron chi connectivity index (χ3n) is 5.52. The van der Waals surface area contributed by atoms with Gasteiger partial charge in [0, 0.05) is 23.4 Å². The maximum absolute atomic E-state index is 11.1. The molecule has 0 fully saturated rings. The number of nitrogens with two attached hydrogens (primary N) is 1. The zero-order valence-corrected chi connectivity index (χ0v) is 19.5. The van der Waals surface area contributed by atoms with E-state index in [0.717, 1.165) is 34.4 Å². The predicted octanol–water partition coefficient (Wildman–Crippen LogP) is 3.48. The molecule has 0 aliphatic rings. The Balaban J connectivity index is 1.47. The van der Waals surface area contributed by atoms with E-state index in [4.69, 9.17) is 15.2 Å². The fourth-order valence-corrected chi connectivity index (χ4v) is 3.80. The van der Waals surface area contributed by atoms with Crippen molar-refractivity contribution in [3.8, 4) is 34.1 Å². The second-order valence-electron chi connectivity index (χ2n) is 8.01. The lowest BCUT2D eigenvalue weighted by atomic mass is 9.97. The minimum Gasteiger partial charge on any atom is -0.486 e. The van der Waals surface area contributed by atoms with Crippen LogP contribution < -0.4 is 15.2 Å². The van der Waals surface area contributed by atoms with Gasteiger partial charge in [-0.25, -0.2) is 4.98 Å². The average Bonchev–Trinajstić information content (AvgIpc) is 3.46. The molecule has 0 saturated carbocycles. The quantitative estimate of drug-likeness (QED) is 0.326. The van der Waals surface area contributed by atoms with Gasteiger partial charge in [0.2, 0.25) is 11.7 Å². The van der Waals surface area contributed by atoms with E-state index in [-0.39, 0.29) is 19.1 Å². The zero-order valence-electron chi connectivity index (χ0n) is 19.5. The van der Waals surface area contributed by atoms with Gasteiger partial charge in [-0.3, -0.25) is 9.78 Å². The van der Waals surface area contributed by atoms with Gasteiger partial charge in [0.1, 0.15) is 17.9 Å².